The highest BCUT2D eigenvalue weighted by atomic mass is 16.1. The van der Waals surface area contributed by atoms with E-state index in [1.165, 1.54) is 6.08 Å². The average molecular weight is 244 g/mol. The molecule has 0 saturated carbocycles. The number of carbonyl (C=O) groups is 1. The molecule has 0 saturated heterocycles. The molecule has 0 aliphatic rings. The van der Waals surface area contributed by atoms with E-state index in [1.54, 1.807) is 0 Å². The molecule has 0 amide bonds. The second-order valence-electron chi connectivity index (χ2n) is 3.80. The molecule has 0 unspecified atom stereocenters. The van der Waals surface area contributed by atoms with Gasteiger partial charge in [-0.1, -0.05) is 61.6 Å². The number of aldehydes is 1. The van der Waals surface area contributed by atoms with Gasteiger partial charge >= 0.3 is 0 Å². The largest absolute Gasteiger partial charge is 0.299 e. The van der Waals surface area contributed by atoms with Crippen molar-refractivity contribution >= 4 is 6.29 Å². The van der Waals surface area contributed by atoms with Crippen LogP contribution in [0.4, 0.5) is 0 Å². The number of allylic oxidation sites excluding steroid dienone is 10. The van der Waals surface area contributed by atoms with E-state index in [2.05, 4.69) is 55.5 Å². The Bertz CT molecular complexity index is 317. The maximum Gasteiger partial charge on any atom is 0.142 e. The lowest BCUT2D eigenvalue weighted by Crippen LogP contribution is -1.64. The molecule has 0 atom stereocenters. The molecule has 0 N–H and O–H groups in total. The summed E-state index contributed by atoms with van der Waals surface area (Å²) >= 11 is 0. The molecule has 0 radical (unpaired) electrons. The van der Waals surface area contributed by atoms with Gasteiger partial charge in [0.25, 0.3) is 0 Å². The van der Waals surface area contributed by atoms with Crippen molar-refractivity contribution in [1.29, 1.82) is 0 Å². The van der Waals surface area contributed by atoms with Crippen molar-refractivity contribution < 1.29 is 4.79 Å². The molecule has 0 rings (SSSR count). The molecule has 98 valence electrons. The SMILES string of the molecule is CC/C=C\C/C=C\C/C=C\C/C=C\C/C=C\C=O. The number of hydrogen-bond donors (Lipinski definition) is 0. The van der Waals surface area contributed by atoms with E-state index in [9.17, 15) is 4.79 Å². The molecular weight excluding hydrogens is 220 g/mol. The molecule has 1 heteroatoms. The van der Waals surface area contributed by atoms with Gasteiger partial charge in [-0.25, -0.2) is 0 Å². The van der Waals surface area contributed by atoms with Gasteiger partial charge in [-0.3, -0.25) is 4.79 Å². The van der Waals surface area contributed by atoms with Crippen LogP contribution in [0.25, 0.3) is 0 Å². The van der Waals surface area contributed by atoms with Crippen LogP contribution in [0.15, 0.2) is 60.8 Å². The molecule has 0 aromatic rings. The standard InChI is InChI=1S/C17H24O/c1-2-3-4-5-6-7-8-9-10-11-12-13-14-15-16-17-18/h3-4,6-7,9-10,12-13,15-17H,2,5,8,11,14H2,1H3/b4-3-,7-6-,10-9-,13-12-,16-15-. The maximum atomic E-state index is 9.99. The Morgan fingerprint density at radius 3 is 1.39 bits per heavy atom. The Morgan fingerprint density at radius 1 is 0.611 bits per heavy atom. The van der Waals surface area contributed by atoms with Crippen LogP contribution in [-0.2, 0) is 4.79 Å². The van der Waals surface area contributed by atoms with Crippen LogP contribution in [0.2, 0.25) is 0 Å². The minimum Gasteiger partial charge on any atom is -0.299 e. The first-order valence-electron chi connectivity index (χ1n) is 6.62. The topological polar surface area (TPSA) is 17.1 Å². The molecule has 1 nitrogen and oxygen atoms in total. The lowest BCUT2D eigenvalue weighted by molar-refractivity contribution is -0.104. The van der Waals surface area contributed by atoms with Crippen LogP contribution in [0.1, 0.15) is 39.0 Å². The minimum absolute atomic E-state index is 0.801. The summed E-state index contributed by atoms with van der Waals surface area (Å²) in [4.78, 5) is 9.99. The van der Waals surface area contributed by atoms with Gasteiger partial charge in [-0.15, -0.1) is 0 Å². The first-order chi connectivity index (χ1) is 8.91. The summed E-state index contributed by atoms with van der Waals surface area (Å²) in [6, 6.07) is 0. The zero-order valence-electron chi connectivity index (χ0n) is 11.3. The molecule has 0 spiro atoms. The number of hydrogen-bond acceptors (Lipinski definition) is 1. The van der Waals surface area contributed by atoms with E-state index in [1.807, 2.05) is 6.08 Å². The second kappa shape index (κ2) is 15.4. The van der Waals surface area contributed by atoms with Gasteiger partial charge in [0.15, 0.2) is 0 Å². The van der Waals surface area contributed by atoms with Crippen LogP contribution in [0.3, 0.4) is 0 Å². The minimum atomic E-state index is 0.801. The van der Waals surface area contributed by atoms with Crippen LogP contribution < -0.4 is 0 Å². The summed E-state index contributed by atoms with van der Waals surface area (Å²) in [5.74, 6) is 0. The third-order valence-corrected chi connectivity index (χ3v) is 2.21. The predicted octanol–water partition coefficient (Wildman–Crippen LogP) is 4.94. The van der Waals surface area contributed by atoms with E-state index >= 15 is 0 Å². The Hall–Kier alpha value is -1.63. The van der Waals surface area contributed by atoms with Gasteiger partial charge in [-0.05, 0) is 38.2 Å². The Balaban J connectivity index is 3.45. The van der Waals surface area contributed by atoms with Crippen LogP contribution >= 0.6 is 0 Å². The molecular formula is C17H24O. The van der Waals surface area contributed by atoms with E-state index in [0.717, 1.165) is 38.4 Å². The average Bonchev–Trinajstić information content (AvgIpc) is 2.39. The number of rotatable bonds is 10. The van der Waals surface area contributed by atoms with Gasteiger partial charge in [0.05, 0.1) is 0 Å². The van der Waals surface area contributed by atoms with Gasteiger partial charge in [0.2, 0.25) is 0 Å². The lowest BCUT2D eigenvalue weighted by Gasteiger charge is -1.84. The fourth-order valence-corrected chi connectivity index (χ4v) is 1.29. The summed E-state index contributed by atoms with van der Waals surface area (Å²) in [6.07, 6.45) is 26.4. The van der Waals surface area contributed by atoms with Crippen LogP contribution in [-0.4, -0.2) is 6.29 Å². The normalized spacial score (nSPS) is 12.9. The summed E-state index contributed by atoms with van der Waals surface area (Å²) in [6.45, 7) is 2.14. The molecule has 18 heavy (non-hydrogen) atoms. The fraction of sp³-hybridized carbons (Fsp3) is 0.353. The first kappa shape index (κ1) is 16.4. The highest BCUT2D eigenvalue weighted by Gasteiger charge is 1.74. The molecule has 0 aromatic carbocycles. The predicted molar refractivity (Wildman–Crippen MR) is 80.5 cm³/mol. The van der Waals surface area contributed by atoms with Crippen LogP contribution in [0.5, 0.6) is 0 Å². The van der Waals surface area contributed by atoms with Gasteiger partial charge < -0.3 is 0 Å². The summed E-state index contributed by atoms with van der Waals surface area (Å²) < 4.78 is 0. The van der Waals surface area contributed by atoms with E-state index in [4.69, 9.17) is 0 Å². The van der Waals surface area contributed by atoms with Crippen molar-refractivity contribution in [2.75, 3.05) is 0 Å². The fourth-order valence-electron chi connectivity index (χ4n) is 1.29. The van der Waals surface area contributed by atoms with E-state index in [-0.39, 0.29) is 0 Å². The van der Waals surface area contributed by atoms with Crippen molar-refractivity contribution in [1.82, 2.24) is 0 Å². The van der Waals surface area contributed by atoms with Crippen LogP contribution in [0, 0.1) is 0 Å². The maximum absolute atomic E-state index is 9.99. The molecule has 0 aromatic heterocycles. The van der Waals surface area contributed by atoms with Crippen molar-refractivity contribution in [2.45, 2.75) is 39.0 Å². The summed E-state index contributed by atoms with van der Waals surface area (Å²) in [5, 5.41) is 0. The monoisotopic (exact) mass is 244 g/mol. The smallest absolute Gasteiger partial charge is 0.142 e. The van der Waals surface area contributed by atoms with Gasteiger partial charge in [-0.2, -0.15) is 0 Å². The molecule has 0 aliphatic carbocycles. The van der Waals surface area contributed by atoms with Crippen molar-refractivity contribution in [3.8, 4) is 0 Å². The zero-order valence-corrected chi connectivity index (χ0v) is 11.3. The summed E-state index contributed by atoms with van der Waals surface area (Å²) in [5.41, 5.74) is 0. The Morgan fingerprint density at radius 2 is 1.00 bits per heavy atom. The van der Waals surface area contributed by atoms with Gasteiger partial charge in [0.1, 0.15) is 6.29 Å². The quantitative estimate of drug-likeness (QED) is 0.302. The van der Waals surface area contributed by atoms with Gasteiger partial charge in [0, 0.05) is 0 Å². The van der Waals surface area contributed by atoms with Crippen molar-refractivity contribution in [2.24, 2.45) is 0 Å². The number of carbonyl (C=O) groups excluding carboxylic acids is 1. The zero-order chi connectivity index (χ0) is 13.3. The Labute approximate surface area is 111 Å². The first-order valence-corrected chi connectivity index (χ1v) is 6.62. The second-order valence-corrected chi connectivity index (χ2v) is 3.80. The molecule has 0 bridgehead atoms. The van der Waals surface area contributed by atoms with Crippen molar-refractivity contribution in [3.63, 3.8) is 0 Å². The lowest BCUT2D eigenvalue weighted by atomic mass is 10.2. The highest BCUT2D eigenvalue weighted by Crippen LogP contribution is 1.95. The molecule has 0 aliphatic heterocycles. The summed E-state index contributed by atoms with van der Waals surface area (Å²) in [7, 11) is 0. The third kappa shape index (κ3) is 14.4. The highest BCUT2D eigenvalue weighted by molar-refractivity contribution is 5.64. The van der Waals surface area contributed by atoms with Crippen molar-refractivity contribution in [3.05, 3.63) is 60.8 Å². The molecule has 0 heterocycles. The van der Waals surface area contributed by atoms with E-state index < -0.39 is 0 Å². The van der Waals surface area contributed by atoms with E-state index in [0.29, 0.717) is 0 Å². The third-order valence-electron chi connectivity index (χ3n) is 2.21. The Kier molecular flexibility index (Phi) is 14.0. The molecule has 0 fully saturated rings.